The molecule has 0 bridgehead atoms. The minimum Gasteiger partial charge on any atom is -0.491 e. The van der Waals surface area contributed by atoms with E-state index in [1.807, 2.05) is 52.0 Å². The smallest absolute Gasteiger partial charge is 0.255 e. The Labute approximate surface area is 294 Å². The lowest BCUT2D eigenvalue weighted by atomic mass is 9.99. The predicted octanol–water partition coefficient (Wildman–Crippen LogP) is 1.89. The Morgan fingerprint density at radius 3 is 2.34 bits per heavy atom. The average Bonchev–Trinajstić information content (AvgIpc) is 3.08. The third-order valence-electron chi connectivity index (χ3n) is 8.59. The van der Waals surface area contributed by atoms with Crippen LogP contribution in [0.3, 0.4) is 0 Å². The van der Waals surface area contributed by atoms with E-state index in [1.54, 1.807) is 31.2 Å². The van der Waals surface area contributed by atoms with E-state index in [1.165, 1.54) is 0 Å². The van der Waals surface area contributed by atoms with Gasteiger partial charge in [-0.25, -0.2) is 0 Å². The number of para-hydroxylation sites is 1. The predicted molar refractivity (Wildman–Crippen MR) is 188 cm³/mol. The summed E-state index contributed by atoms with van der Waals surface area (Å²) < 4.78 is 11.4. The maximum absolute atomic E-state index is 13.7. The second-order valence-electron chi connectivity index (χ2n) is 13.9. The van der Waals surface area contributed by atoms with Crippen LogP contribution in [0.25, 0.3) is 0 Å². The molecule has 0 spiro atoms. The van der Waals surface area contributed by atoms with Crippen LogP contribution in [0.4, 0.5) is 0 Å². The molecule has 0 aromatic heterocycles. The molecule has 0 saturated carbocycles. The maximum Gasteiger partial charge on any atom is 0.255 e. The SMILES string of the molecule is CC(C)C[C@@H]1NC(=O)C[C@@H](C(=O)NCc2cccc(CN3CCOCC3)c2)NC(=O)c2ccccc2OC[C@H](C)NC(=O)[C@@H](C(C)C)NC1=O. The van der Waals surface area contributed by atoms with Gasteiger partial charge in [0.05, 0.1) is 31.2 Å². The van der Waals surface area contributed by atoms with Crippen LogP contribution in [0, 0.1) is 11.8 Å². The van der Waals surface area contributed by atoms with Crippen LogP contribution in [0.5, 0.6) is 5.75 Å². The van der Waals surface area contributed by atoms with E-state index in [9.17, 15) is 24.0 Å². The molecule has 5 N–H and O–H groups in total. The number of nitrogens with zero attached hydrogens (tertiary/aromatic N) is 1. The van der Waals surface area contributed by atoms with E-state index in [-0.39, 0.29) is 36.3 Å². The fraction of sp³-hybridized carbons (Fsp3) is 0.541. The van der Waals surface area contributed by atoms with Crippen molar-refractivity contribution >= 4 is 29.5 Å². The van der Waals surface area contributed by atoms with Crippen molar-refractivity contribution in [3.8, 4) is 5.75 Å². The summed E-state index contributed by atoms with van der Waals surface area (Å²) in [6, 6.07) is 10.9. The third-order valence-corrected chi connectivity index (χ3v) is 8.59. The standard InChI is InChI=1S/C37H52N6O7/c1-23(2)17-29-36(47)42-33(24(3)4)37(48)39-25(5)22-50-31-12-7-6-11-28(31)34(45)41-30(19-32(44)40-29)35(46)38-20-26-9-8-10-27(18-26)21-43-13-15-49-16-14-43/h6-12,18,23-25,29-30,33H,13-17,19-22H2,1-5H3,(H,38,46)(H,39,48)(H,40,44)(H,41,45)(H,42,47)/t25-,29-,30-,33+/m0/s1. The van der Waals surface area contributed by atoms with Crippen molar-refractivity contribution in [2.24, 2.45) is 11.8 Å². The largest absolute Gasteiger partial charge is 0.491 e. The second-order valence-corrected chi connectivity index (χ2v) is 13.9. The Balaban J connectivity index is 1.57. The molecule has 13 nitrogen and oxygen atoms in total. The van der Waals surface area contributed by atoms with Gasteiger partial charge in [0.15, 0.2) is 0 Å². The van der Waals surface area contributed by atoms with Crippen LogP contribution in [0.15, 0.2) is 48.5 Å². The molecule has 2 aliphatic rings. The molecule has 2 aromatic carbocycles. The molecule has 4 rings (SSSR count). The molecule has 4 atom stereocenters. The van der Waals surface area contributed by atoms with Crippen LogP contribution in [0.1, 0.15) is 68.9 Å². The number of amides is 5. The summed E-state index contributed by atoms with van der Waals surface area (Å²) in [6.07, 6.45) is -0.129. The fourth-order valence-electron chi connectivity index (χ4n) is 5.91. The Morgan fingerprint density at radius 1 is 0.900 bits per heavy atom. The Morgan fingerprint density at radius 2 is 1.62 bits per heavy atom. The van der Waals surface area contributed by atoms with Gasteiger partial charge in [0.25, 0.3) is 5.91 Å². The van der Waals surface area contributed by atoms with Crippen molar-refractivity contribution in [1.82, 2.24) is 31.5 Å². The summed E-state index contributed by atoms with van der Waals surface area (Å²) in [5.74, 6) is -2.65. The van der Waals surface area contributed by atoms with E-state index in [0.29, 0.717) is 19.6 Å². The summed E-state index contributed by atoms with van der Waals surface area (Å²) in [5.41, 5.74) is 2.14. The zero-order valence-corrected chi connectivity index (χ0v) is 29.8. The highest BCUT2D eigenvalue weighted by atomic mass is 16.5. The van der Waals surface area contributed by atoms with Gasteiger partial charge in [-0.15, -0.1) is 0 Å². The van der Waals surface area contributed by atoms with Crippen molar-refractivity contribution in [1.29, 1.82) is 0 Å². The minimum absolute atomic E-state index is 0.0259. The van der Waals surface area contributed by atoms with Gasteiger partial charge in [0.1, 0.15) is 30.5 Å². The van der Waals surface area contributed by atoms with Crippen LogP contribution >= 0.6 is 0 Å². The molecule has 5 amide bonds. The van der Waals surface area contributed by atoms with E-state index in [0.717, 1.165) is 30.8 Å². The summed E-state index contributed by atoms with van der Waals surface area (Å²) in [5, 5.41) is 14.1. The number of benzene rings is 2. The van der Waals surface area contributed by atoms with Crippen molar-refractivity contribution in [3.05, 3.63) is 65.2 Å². The summed E-state index contributed by atoms with van der Waals surface area (Å²) in [4.78, 5) is 70.0. The first-order chi connectivity index (χ1) is 23.9. The number of carbonyl (C=O) groups excluding carboxylic acids is 5. The first-order valence-electron chi connectivity index (χ1n) is 17.5. The lowest BCUT2D eigenvalue weighted by Crippen LogP contribution is -2.57. The molecular weight excluding hydrogens is 640 g/mol. The van der Waals surface area contributed by atoms with Crippen LogP contribution < -0.4 is 31.3 Å². The molecular formula is C37H52N6O7. The highest BCUT2D eigenvalue weighted by molar-refractivity contribution is 6.01. The molecule has 272 valence electrons. The number of rotatable bonds is 8. The summed E-state index contributed by atoms with van der Waals surface area (Å²) in [6.45, 7) is 13.3. The normalized spacial score (nSPS) is 23.1. The van der Waals surface area contributed by atoms with E-state index in [4.69, 9.17) is 9.47 Å². The van der Waals surface area contributed by atoms with Gasteiger partial charge in [-0.1, -0.05) is 64.1 Å². The van der Waals surface area contributed by atoms with Gasteiger partial charge in [0.2, 0.25) is 23.6 Å². The first kappa shape index (κ1) is 38.3. The van der Waals surface area contributed by atoms with Gasteiger partial charge in [0, 0.05) is 26.2 Å². The van der Waals surface area contributed by atoms with Gasteiger partial charge < -0.3 is 36.1 Å². The number of morpholine rings is 1. The van der Waals surface area contributed by atoms with E-state index >= 15 is 0 Å². The average molecular weight is 693 g/mol. The van der Waals surface area contributed by atoms with Crippen molar-refractivity contribution in [3.63, 3.8) is 0 Å². The second kappa shape index (κ2) is 18.5. The minimum atomic E-state index is -1.27. The molecule has 0 radical (unpaired) electrons. The van der Waals surface area contributed by atoms with Crippen LogP contribution in [-0.2, 0) is 37.0 Å². The van der Waals surface area contributed by atoms with Gasteiger partial charge >= 0.3 is 0 Å². The summed E-state index contributed by atoms with van der Waals surface area (Å²) >= 11 is 0. The zero-order valence-electron chi connectivity index (χ0n) is 29.8. The Bertz CT molecular complexity index is 1490. The van der Waals surface area contributed by atoms with Crippen LogP contribution in [0.2, 0.25) is 0 Å². The van der Waals surface area contributed by atoms with E-state index < -0.39 is 60.1 Å². The number of hydrogen-bond acceptors (Lipinski definition) is 8. The zero-order chi connectivity index (χ0) is 36.2. The maximum atomic E-state index is 13.7. The molecule has 2 aliphatic heterocycles. The van der Waals surface area contributed by atoms with Gasteiger partial charge in [-0.3, -0.25) is 28.9 Å². The Hall–Kier alpha value is -4.49. The van der Waals surface area contributed by atoms with Crippen molar-refractivity contribution in [2.45, 2.75) is 84.7 Å². The molecule has 1 fully saturated rings. The number of hydrogen-bond donors (Lipinski definition) is 5. The number of nitrogens with one attached hydrogen (secondary N) is 5. The molecule has 50 heavy (non-hydrogen) atoms. The molecule has 1 saturated heterocycles. The van der Waals surface area contributed by atoms with E-state index in [2.05, 4.69) is 31.5 Å². The topological polar surface area (TPSA) is 167 Å². The first-order valence-corrected chi connectivity index (χ1v) is 17.5. The Kier molecular flexibility index (Phi) is 14.2. The lowest BCUT2D eigenvalue weighted by Gasteiger charge is -2.27. The molecule has 2 aromatic rings. The lowest BCUT2D eigenvalue weighted by molar-refractivity contribution is -0.134. The highest BCUT2D eigenvalue weighted by Crippen LogP contribution is 2.19. The molecule has 13 heteroatoms. The monoisotopic (exact) mass is 692 g/mol. The molecule has 2 heterocycles. The van der Waals surface area contributed by atoms with Crippen LogP contribution in [-0.4, -0.2) is 91.5 Å². The molecule has 0 aliphatic carbocycles. The summed E-state index contributed by atoms with van der Waals surface area (Å²) in [7, 11) is 0. The fourth-order valence-corrected chi connectivity index (χ4v) is 5.91. The third kappa shape index (κ3) is 11.5. The molecule has 0 unspecified atom stereocenters. The quantitative estimate of drug-likeness (QED) is 0.280. The number of carbonyl (C=O) groups is 5. The van der Waals surface area contributed by atoms with Crippen molar-refractivity contribution in [2.75, 3.05) is 32.9 Å². The highest BCUT2D eigenvalue weighted by Gasteiger charge is 2.32. The van der Waals surface area contributed by atoms with Crippen molar-refractivity contribution < 1.29 is 33.4 Å². The number of fused-ring (bicyclic) bond motifs is 1. The van der Waals surface area contributed by atoms with Gasteiger partial charge in [-0.2, -0.15) is 0 Å². The van der Waals surface area contributed by atoms with Gasteiger partial charge in [-0.05, 0) is 48.4 Å². The number of ether oxygens (including phenoxy) is 2.